The van der Waals surface area contributed by atoms with E-state index in [0.717, 1.165) is 55.4 Å². The Morgan fingerprint density at radius 2 is 1.86 bits per heavy atom. The number of nitrogens with one attached hydrogen (secondary N) is 3. The second-order valence-electron chi connectivity index (χ2n) is 8.17. The van der Waals surface area contributed by atoms with E-state index in [2.05, 4.69) is 55.6 Å². The van der Waals surface area contributed by atoms with Crippen LogP contribution in [0.25, 0.3) is 16.6 Å². The van der Waals surface area contributed by atoms with E-state index in [-0.39, 0.29) is 16.9 Å². The second-order valence-corrected chi connectivity index (χ2v) is 9.99. The molecule has 1 aliphatic rings. The van der Waals surface area contributed by atoms with E-state index >= 15 is 0 Å². The van der Waals surface area contributed by atoms with Crippen molar-refractivity contribution in [3.63, 3.8) is 0 Å². The number of hydrogen-bond donors (Lipinski definition) is 3. The van der Waals surface area contributed by atoms with Crippen molar-refractivity contribution >= 4 is 46.6 Å². The summed E-state index contributed by atoms with van der Waals surface area (Å²) in [6.07, 6.45) is 7.37. The Kier molecular flexibility index (Phi) is 11.7. The summed E-state index contributed by atoms with van der Waals surface area (Å²) in [7, 11) is 1.53. The molecule has 0 atom stereocenters. The fourth-order valence-corrected chi connectivity index (χ4v) is 5.19. The molecule has 0 spiro atoms. The Morgan fingerprint density at radius 1 is 1.08 bits per heavy atom. The molecular weight excluding hydrogens is 504 g/mol. The summed E-state index contributed by atoms with van der Waals surface area (Å²) in [5.41, 5.74) is 3.28. The maximum atomic E-state index is 11.9. The lowest BCUT2D eigenvalue weighted by Gasteiger charge is -2.29. The molecule has 8 nitrogen and oxygen atoms in total. The number of anilines is 1. The lowest BCUT2D eigenvalue weighted by atomic mass is 9.91. The number of nitrogens with zero attached hydrogens (tertiary/aromatic N) is 3. The van der Waals surface area contributed by atoms with Crippen LogP contribution in [-0.4, -0.2) is 45.6 Å². The third-order valence-electron chi connectivity index (χ3n) is 5.79. The Balaban J connectivity index is 0.00000186. The highest BCUT2D eigenvalue weighted by atomic mass is 32.2. The predicted molar refractivity (Wildman–Crippen MR) is 154 cm³/mol. The number of carbonyl (C=O) groups is 2. The number of hydrogen-bond acceptors (Lipinski definition) is 9. The Morgan fingerprint density at radius 3 is 2.57 bits per heavy atom. The number of aromatic nitrogens is 3. The van der Waals surface area contributed by atoms with Gasteiger partial charge in [-0.05, 0) is 73.2 Å². The van der Waals surface area contributed by atoms with Crippen LogP contribution in [0.4, 0.5) is 5.95 Å². The summed E-state index contributed by atoms with van der Waals surface area (Å²) in [4.78, 5) is 37.9. The first-order valence-electron chi connectivity index (χ1n) is 12.5. The molecule has 0 saturated heterocycles. The van der Waals surface area contributed by atoms with Crippen molar-refractivity contribution in [2.45, 2.75) is 58.2 Å². The SMILES string of the molecule is CC.CNC(=O)/C(=C/c1ccnc(NC2CCC(NCc3cccc(-c4cccs4)n3)CC2)n1)SC=O. The van der Waals surface area contributed by atoms with Gasteiger partial charge < -0.3 is 16.0 Å². The first kappa shape index (κ1) is 28.5. The van der Waals surface area contributed by atoms with Gasteiger partial charge in [-0.25, -0.2) is 9.97 Å². The van der Waals surface area contributed by atoms with Gasteiger partial charge >= 0.3 is 0 Å². The lowest BCUT2D eigenvalue weighted by Crippen LogP contribution is -2.37. The molecule has 196 valence electrons. The van der Waals surface area contributed by atoms with Gasteiger partial charge in [0.2, 0.25) is 5.95 Å². The molecule has 1 fully saturated rings. The molecule has 1 aliphatic carbocycles. The van der Waals surface area contributed by atoms with Crippen molar-refractivity contribution in [3.05, 3.63) is 64.3 Å². The topological polar surface area (TPSA) is 109 Å². The van der Waals surface area contributed by atoms with Gasteiger partial charge in [0, 0.05) is 31.9 Å². The van der Waals surface area contributed by atoms with Crippen molar-refractivity contribution in [1.29, 1.82) is 0 Å². The molecule has 3 heterocycles. The van der Waals surface area contributed by atoms with Crippen molar-refractivity contribution in [2.75, 3.05) is 12.4 Å². The number of thiophene rings is 1. The highest BCUT2D eigenvalue weighted by Crippen LogP contribution is 2.24. The van der Waals surface area contributed by atoms with Crippen LogP contribution in [0.15, 0.2) is 52.9 Å². The maximum Gasteiger partial charge on any atom is 0.257 e. The van der Waals surface area contributed by atoms with Crippen LogP contribution >= 0.6 is 23.1 Å². The van der Waals surface area contributed by atoms with Crippen LogP contribution < -0.4 is 16.0 Å². The number of carbonyl (C=O) groups excluding carboxylic acids is 2. The molecular formula is C27H34N6O2S2. The fraction of sp³-hybridized carbons (Fsp3) is 0.370. The van der Waals surface area contributed by atoms with E-state index in [1.54, 1.807) is 29.7 Å². The minimum atomic E-state index is -0.325. The largest absolute Gasteiger partial charge is 0.355 e. The van der Waals surface area contributed by atoms with Crippen LogP contribution in [0.5, 0.6) is 0 Å². The van der Waals surface area contributed by atoms with E-state index < -0.39 is 0 Å². The van der Waals surface area contributed by atoms with Gasteiger partial charge in [-0.15, -0.1) is 11.3 Å². The van der Waals surface area contributed by atoms with E-state index in [1.807, 2.05) is 19.9 Å². The van der Waals surface area contributed by atoms with E-state index in [4.69, 9.17) is 4.98 Å². The van der Waals surface area contributed by atoms with Crippen molar-refractivity contribution in [1.82, 2.24) is 25.6 Å². The number of amides is 1. The molecule has 0 aromatic carbocycles. The summed E-state index contributed by atoms with van der Waals surface area (Å²) >= 11 is 2.53. The Bertz CT molecular complexity index is 1160. The smallest absolute Gasteiger partial charge is 0.257 e. The molecule has 0 aliphatic heterocycles. The quantitative estimate of drug-likeness (QED) is 0.240. The third-order valence-corrected chi connectivity index (χ3v) is 7.34. The molecule has 3 N–H and O–H groups in total. The molecule has 0 bridgehead atoms. The van der Waals surface area contributed by atoms with Crippen LogP contribution in [-0.2, 0) is 16.1 Å². The number of likely N-dealkylation sites (N-methyl/N-ethyl adjacent to an activating group) is 1. The zero-order chi connectivity index (χ0) is 26.5. The van der Waals surface area contributed by atoms with Gasteiger partial charge in [-0.1, -0.05) is 26.0 Å². The van der Waals surface area contributed by atoms with Gasteiger partial charge in [0.05, 0.1) is 26.9 Å². The van der Waals surface area contributed by atoms with E-state index in [9.17, 15) is 9.59 Å². The van der Waals surface area contributed by atoms with Crippen molar-refractivity contribution < 1.29 is 9.59 Å². The van der Waals surface area contributed by atoms with Crippen LogP contribution in [0.3, 0.4) is 0 Å². The average molecular weight is 539 g/mol. The molecule has 3 aromatic rings. The molecule has 0 radical (unpaired) electrons. The number of rotatable bonds is 10. The molecule has 4 rings (SSSR count). The van der Waals surface area contributed by atoms with E-state index in [0.29, 0.717) is 23.3 Å². The first-order valence-corrected chi connectivity index (χ1v) is 14.3. The summed E-state index contributed by atoms with van der Waals surface area (Å²) in [5.74, 6) is 0.201. The molecule has 10 heteroatoms. The minimum absolute atomic E-state index is 0.286. The zero-order valence-corrected chi connectivity index (χ0v) is 23.1. The monoisotopic (exact) mass is 538 g/mol. The molecule has 1 amide bonds. The normalized spacial score (nSPS) is 17.3. The van der Waals surface area contributed by atoms with Gasteiger partial charge in [-0.3, -0.25) is 14.6 Å². The second kappa shape index (κ2) is 15.2. The lowest BCUT2D eigenvalue weighted by molar-refractivity contribution is -0.116. The highest BCUT2D eigenvalue weighted by molar-refractivity contribution is 8.16. The zero-order valence-electron chi connectivity index (χ0n) is 21.4. The van der Waals surface area contributed by atoms with Crippen LogP contribution in [0.1, 0.15) is 50.9 Å². The van der Waals surface area contributed by atoms with E-state index in [1.165, 1.54) is 11.9 Å². The number of pyridine rings is 1. The Labute approximate surface area is 226 Å². The highest BCUT2D eigenvalue weighted by Gasteiger charge is 2.21. The molecule has 37 heavy (non-hydrogen) atoms. The fourth-order valence-electron chi connectivity index (χ4n) is 4.00. The summed E-state index contributed by atoms with van der Waals surface area (Å²) in [5, 5.41) is 11.7. The Hall–Kier alpha value is -3.08. The van der Waals surface area contributed by atoms with Crippen molar-refractivity contribution in [3.8, 4) is 10.6 Å². The standard InChI is InChI=1S/C25H28N6O2S2.C2H6/c1-26-24(33)23(35-16-32)14-19-11-12-27-25(31-19)30-18-9-7-17(8-10-18)28-15-20-4-2-5-21(29-20)22-6-3-13-34-22;1-2/h2-6,11-14,16-18,28H,7-10,15H2,1H3,(H,26,33)(H,27,30,31);1-2H3/b23-14-;. The van der Waals surface area contributed by atoms with Gasteiger partial charge in [-0.2, -0.15) is 0 Å². The average Bonchev–Trinajstić information content (AvgIpc) is 3.49. The third kappa shape index (κ3) is 8.77. The predicted octanol–water partition coefficient (Wildman–Crippen LogP) is 5.15. The molecule has 1 saturated carbocycles. The van der Waals surface area contributed by atoms with Gasteiger partial charge in [0.1, 0.15) is 0 Å². The maximum absolute atomic E-state index is 11.9. The van der Waals surface area contributed by atoms with Crippen LogP contribution in [0, 0.1) is 0 Å². The minimum Gasteiger partial charge on any atom is -0.355 e. The molecule has 0 unspecified atom stereocenters. The molecule has 3 aromatic heterocycles. The van der Waals surface area contributed by atoms with Crippen molar-refractivity contribution in [2.24, 2.45) is 0 Å². The van der Waals surface area contributed by atoms with Gasteiger partial charge in [0.25, 0.3) is 5.91 Å². The van der Waals surface area contributed by atoms with Crippen LogP contribution in [0.2, 0.25) is 0 Å². The summed E-state index contributed by atoms with van der Waals surface area (Å²) in [6, 6.07) is 12.8. The summed E-state index contributed by atoms with van der Waals surface area (Å²) in [6.45, 7) is 4.76. The summed E-state index contributed by atoms with van der Waals surface area (Å²) < 4.78 is 0. The number of thioether (sulfide) groups is 1. The first-order chi connectivity index (χ1) is 18.1. The van der Waals surface area contributed by atoms with Gasteiger partial charge in [0.15, 0.2) is 5.62 Å².